The molecule has 0 bridgehead atoms. The van der Waals surface area contributed by atoms with Gasteiger partial charge >= 0.3 is 24.3 Å². The van der Waals surface area contributed by atoms with Crippen molar-refractivity contribution in [1.82, 2.24) is 25.1 Å². The average molecular weight is 602 g/mol. The number of hydrogen-bond acceptors (Lipinski definition) is 8. The Hall–Kier alpha value is -4.67. The maximum atomic E-state index is 10.6. The van der Waals surface area contributed by atoms with Gasteiger partial charge in [0, 0.05) is 23.5 Å². The third-order valence-electron chi connectivity index (χ3n) is 5.80. The Kier molecular flexibility index (Phi) is 9.77. The van der Waals surface area contributed by atoms with Crippen molar-refractivity contribution in [3.63, 3.8) is 0 Å². The highest BCUT2D eigenvalue weighted by molar-refractivity contribution is 5.81. The van der Waals surface area contributed by atoms with Crippen molar-refractivity contribution in [3.05, 3.63) is 48.4 Å². The summed E-state index contributed by atoms with van der Waals surface area (Å²) in [7, 11) is 0. The van der Waals surface area contributed by atoms with E-state index in [-0.39, 0.29) is 0 Å². The van der Waals surface area contributed by atoms with E-state index in [1.54, 1.807) is 6.20 Å². The van der Waals surface area contributed by atoms with Crippen LogP contribution in [0.5, 0.6) is 0 Å². The van der Waals surface area contributed by atoms with Crippen LogP contribution < -0.4 is 11.1 Å². The van der Waals surface area contributed by atoms with Crippen LogP contribution in [-0.4, -0.2) is 67.3 Å². The molecule has 1 aliphatic heterocycles. The molecule has 0 amide bonds. The van der Waals surface area contributed by atoms with Crippen LogP contribution in [0.2, 0.25) is 0 Å². The molecule has 0 aliphatic carbocycles. The van der Waals surface area contributed by atoms with Crippen LogP contribution in [0.25, 0.3) is 33.7 Å². The Morgan fingerprint density at radius 3 is 2.17 bits per heavy atom. The number of nitrogens with one attached hydrogen (secondary N) is 1. The molecule has 1 aromatic carbocycles. The van der Waals surface area contributed by atoms with Gasteiger partial charge in [-0.25, -0.2) is 19.6 Å². The monoisotopic (exact) mass is 602 g/mol. The van der Waals surface area contributed by atoms with Crippen LogP contribution in [0.4, 0.5) is 32.2 Å². The number of piperidine rings is 1. The number of fused-ring (bicyclic) bond motifs is 1. The first-order chi connectivity index (χ1) is 19.6. The van der Waals surface area contributed by atoms with Crippen LogP contribution in [0.3, 0.4) is 0 Å². The first-order valence-corrected chi connectivity index (χ1v) is 12.0. The van der Waals surface area contributed by atoms with Crippen molar-refractivity contribution < 1.29 is 50.6 Å². The number of aliphatic carboxylic acids is 2. The highest BCUT2D eigenvalue weighted by Crippen LogP contribution is 2.32. The minimum Gasteiger partial charge on any atom is -0.475 e. The predicted octanol–water partition coefficient (Wildman–Crippen LogP) is 4.84. The number of hydrogen-bond donors (Lipinski definition) is 4. The zero-order chi connectivity index (χ0) is 31.2. The number of halogens is 6. The lowest BCUT2D eigenvalue weighted by Gasteiger charge is -2.22. The molecule has 0 saturated carbocycles. The number of carboxylic acid groups (broad SMARTS) is 2. The van der Waals surface area contributed by atoms with Crippen molar-refractivity contribution in [3.8, 4) is 22.6 Å². The number of pyridine rings is 1. The summed E-state index contributed by atoms with van der Waals surface area (Å²) >= 11 is 0. The lowest BCUT2D eigenvalue weighted by Crippen LogP contribution is -2.29. The fourth-order valence-corrected chi connectivity index (χ4v) is 3.71. The summed E-state index contributed by atoms with van der Waals surface area (Å²) in [4.78, 5) is 26.7. The van der Waals surface area contributed by atoms with Gasteiger partial charge in [-0.2, -0.15) is 31.4 Å². The highest BCUT2D eigenvalue weighted by Gasteiger charge is 2.38. The Balaban J connectivity index is 0.000000289. The second-order valence-electron chi connectivity index (χ2n) is 8.94. The molecule has 1 saturated heterocycles. The summed E-state index contributed by atoms with van der Waals surface area (Å²) in [6.45, 7) is 4.09. The van der Waals surface area contributed by atoms with E-state index in [2.05, 4.69) is 31.3 Å². The molecular formula is C25H24F6N6O5. The maximum absolute atomic E-state index is 10.6. The molecule has 0 atom stereocenters. The van der Waals surface area contributed by atoms with E-state index >= 15 is 0 Å². The third-order valence-corrected chi connectivity index (χ3v) is 5.80. The lowest BCUT2D eigenvalue weighted by atomic mass is 10.1. The number of rotatable bonds is 3. The summed E-state index contributed by atoms with van der Waals surface area (Å²) in [5.41, 5.74) is 11.5. The molecule has 5 rings (SSSR count). The summed E-state index contributed by atoms with van der Waals surface area (Å²) < 4.78 is 71.5. The first kappa shape index (κ1) is 31.9. The van der Waals surface area contributed by atoms with E-state index in [0.29, 0.717) is 23.3 Å². The molecule has 0 spiro atoms. The van der Waals surface area contributed by atoms with E-state index < -0.39 is 24.3 Å². The Bertz CT molecular complexity index is 1520. The molecule has 4 heterocycles. The van der Waals surface area contributed by atoms with Gasteiger partial charge in [-0.15, -0.1) is 0 Å². The Labute approximate surface area is 233 Å². The maximum Gasteiger partial charge on any atom is 0.490 e. The van der Waals surface area contributed by atoms with Crippen LogP contribution in [0, 0.1) is 6.92 Å². The lowest BCUT2D eigenvalue weighted by molar-refractivity contribution is -0.193. The van der Waals surface area contributed by atoms with Crippen LogP contribution >= 0.6 is 0 Å². The number of aryl methyl sites for hydroxylation is 1. The Morgan fingerprint density at radius 2 is 1.60 bits per heavy atom. The zero-order valence-electron chi connectivity index (χ0n) is 21.7. The molecule has 1 aliphatic rings. The number of benzene rings is 1. The van der Waals surface area contributed by atoms with E-state index in [0.717, 1.165) is 53.7 Å². The second kappa shape index (κ2) is 12.9. The van der Waals surface area contributed by atoms with Crippen molar-refractivity contribution >= 4 is 28.9 Å². The van der Waals surface area contributed by atoms with Crippen molar-refractivity contribution in [2.75, 3.05) is 18.8 Å². The molecular weight excluding hydrogens is 578 g/mol. The van der Waals surface area contributed by atoms with Gasteiger partial charge in [0.05, 0.1) is 17.8 Å². The molecule has 4 aromatic rings. The molecule has 5 N–H and O–H groups in total. The van der Waals surface area contributed by atoms with E-state index in [1.807, 2.05) is 37.4 Å². The van der Waals surface area contributed by atoms with Crippen molar-refractivity contribution in [2.24, 2.45) is 0 Å². The zero-order valence-corrected chi connectivity index (χ0v) is 21.7. The molecule has 0 unspecified atom stereocenters. The van der Waals surface area contributed by atoms with Gasteiger partial charge in [0.1, 0.15) is 11.3 Å². The quantitative estimate of drug-likeness (QED) is 0.238. The normalized spacial score (nSPS) is 14.0. The first-order valence-electron chi connectivity index (χ1n) is 12.0. The average Bonchev–Trinajstić information content (AvgIpc) is 3.57. The topological polar surface area (TPSA) is 169 Å². The number of alkyl halides is 6. The molecule has 3 aromatic heterocycles. The third kappa shape index (κ3) is 8.42. The standard InChI is InChI=1S/C21H22N6O.2C2HF3O2/c1-13-2-3-18-19(8-13)28-21(26-18)17-9-14(10-24-20(17)22)15-11-25-27(12-15)16-4-6-23-7-5-16;2*3-2(4,5)1(6)7/h2-3,8-12,16,23H,4-7H2,1H3,(H2,22,24);2*(H,6,7). The molecule has 226 valence electrons. The molecule has 42 heavy (non-hydrogen) atoms. The number of aromatic nitrogens is 4. The molecule has 0 radical (unpaired) electrons. The number of nitrogens with zero attached hydrogens (tertiary/aromatic N) is 4. The van der Waals surface area contributed by atoms with Gasteiger partial charge in [-0.1, -0.05) is 6.07 Å². The number of nitrogen functional groups attached to an aromatic ring is 1. The van der Waals surface area contributed by atoms with E-state index in [9.17, 15) is 26.3 Å². The SMILES string of the molecule is Cc1ccc2nc(-c3cc(-c4cnn(C5CCNCC5)c4)cnc3N)oc2c1.O=C(O)C(F)(F)F.O=C(O)C(F)(F)F. The summed E-state index contributed by atoms with van der Waals surface area (Å²) in [5, 5.41) is 22.2. The van der Waals surface area contributed by atoms with Crippen LogP contribution in [-0.2, 0) is 9.59 Å². The smallest absolute Gasteiger partial charge is 0.475 e. The van der Waals surface area contributed by atoms with Gasteiger partial charge in [0.2, 0.25) is 5.89 Å². The molecule has 1 fully saturated rings. The summed E-state index contributed by atoms with van der Waals surface area (Å²) in [5.74, 6) is -4.63. The van der Waals surface area contributed by atoms with Gasteiger partial charge in [-0.05, 0) is 56.6 Å². The van der Waals surface area contributed by atoms with Crippen LogP contribution in [0.1, 0.15) is 24.4 Å². The Morgan fingerprint density at radius 1 is 1.00 bits per heavy atom. The number of carboxylic acids is 2. The summed E-state index contributed by atoms with van der Waals surface area (Å²) in [6, 6.07) is 8.36. The second-order valence-corrected chi connectivity index (χ2v) is 8.94. The number of carbonyl (C=O) groups is 2. The van der Waals surface area contributed by atoms with Gasteiger partial charge < -0.3 is 25.7 Å². The number of oxazole rings is 1. The number of anilines is 1. The predicted molar refractivity (Wildman–Crippen MR) is 136 cm³/mol. The van der Waals surface area contributed by atoms with Gasteiger partial charge in [0.25, 0.3) is 0 Å². The largest absolute Gasteiger partial charge is 0.490 e. The van der Waals surface area contributed by atoms with E-state index in [1.165, 1.54) is 0 Å². The minimum atomic E-state index is -5.08. The van der Waals surface area contributed by atoms with Crippen LogP contribution in [0.15, 0.2) is 47.3 Å². The molecule has 17 heteroatoms. The minimum absolute atomic E-state index is 0.401. The van der Waals surface area contributed by atoms with Gasteiger partial charge in [-0.3, -0.25) is 4.68 Å². The fraction of sp³-hybridized carbons (Fsp3) is 0.320. The van der Waals surface area contributed by atoms with E-state index in [4.69, 9.17) is 30.0 Å². The summed E-state index contributed by atoms with van der Waals surface area (Å²) in [6.07, 6.45) is -2.24. The molecule has 11 nitrogen and oxygen atoms in total. The highest BCUT2D eigenvalue weighted by atomic mass is 19.4. The fourth-order valence-electron chi connectivity index (χ4n) is 3.71. The number of nitrogens with two attached hydrogens (primary N) is 1. The van der Waals surface area contributed by atoms with Crippen molar-refractivity contribution in [1.29, 1.82) is 0 Å². The van der Waals surface area contributed by atoms with Gasteiger partial charge in [0.15, 0.2) is 5.58 Å². The van der Waals surface area contributed by atoms with Crippen molar-refractivity contribution in [2.45, 2.75) is 38.2 Å².